The molecule has 31 heavy (non-hydrogen) atoms. The van der Waals surface area contributed by atoms with Gasteiger partial charge in [-0.15, -0.1) is 0 Å². The molecule has 0 unspecified atom stereocenters. The predicted molar refractivity (Wildman–Crippen MR) is 114 cm³/mol. The van der Waals surface area contributed by atoms with Crippen LogP contribution in [0.15, 0.2) is 47.5 Å². The molecule has 3 rings (SSSR count). The fourth-order valence-corrected chi connectivity index (χ4v) is 4.84. The average Bonchev–Trinajstić information content (AvgIpc) is 3.06. The van der Waals surface area contributed by atoms with Crippen molar-refractivity contribution in [2.24, 2.45) is 0 Å². The number of nitrogens with zero attached hydrogens (tertiary/aromatic N) is 3. The van der Waals surface area contributed by atoms with E-state index in [-0.39, 0.29) is 17.0 Å². The van der Waals surface area contributed by atoms with Crippen LogP contribution in [-0.4, -0.2) is 69.5 Å². The van der Waals surface area contributed by atoms with E-state index < -0.39 is 22.0 Å². The van der Waals surface area contributed by atoms with Crippen LogP contribution < -0.4 is 4.90 Å². The number of carbonyl (C=O) groups excluding carboxylic acids is 2. The highest BCUT2D eigenvalue weighted by Gasteiger charge is 2.28. The van der Waals surface area contributed by atoms with Crippen molar-refractivity contribution in [3.05, 3.63) is 53.7 Å². The van der Waals surface area contributed by atoms with Gasteiger partial charge in [0.25, 0.3) is 0 Å². The van der Waals surface area contributed by atoms with E-state index >= 15 is 0 Å². The van der Waals surface area contributed by atoms with Crippen molar-refractivity contribution < 1.29 is 27.5 Å². The maximum Gasteiger partial charge on any atom is 0.339 e. The summed E-state index contributed by atoms with van der Waals surface area (Å²) in [7, 11) is -2.51. The van der Waals surface area contributed by atoms with Crippen molar-refractivity contribution >= 4 is 27.8 Å². The summed E-state index contributed by atoms with van der Waals surface area (Å²) in [4.78, 5) is 29.9. The van der Waals surface area contributed by atoms with Gasteiger partial charge in [0.15, 0.2) is 0 Å². The standard InChI is InChI=1S/C21H25N3O6S/c1-3-30-21(26)17-8-9-19(22-15-17)23-10-5-11-24(13-12-23)31(27,28)18-7-4-6-16(14-18)20(25)29-2/h4,6-9,14-15H,3,5,10-13H2,1-2H3. The van der Waals surface area contributed by atoms with Crippen LogP contribution >= 0.6 is 0 Å². The molecule has 0 bridgehead atoms. The number of carbonyl (C=O) groups is 2. The number of rotatable bonds is 6. The normalized spacial score (nSPS) is 15.2. The predicted octanol–water partition coefficient (Wildman–Crippen LogP) is 1.95. The van der Waals surface area contributed by atoms with Gasteiger partial charge in [-0.1, -0.05) is 6.07 Å². The van der Waals surface area contributed by atoms with Gasteiger partial charge in [-0.3, -0.25) is 0 Å². The van der Waals surface area contributed by atoms with Gasteiger partial charge in [-0.05, 0) is 43.7 Å². The van der Waals surface area contributed by atoms with Gasteiger partial charge in [0.1, 0.15) is 5.82 Å². The van der Waals surface area contributed by atoms with Gasteiger partial charge in [0.2, 0.25) is 10.0 Å². The summed E-state index contributed by atoms with van der Waals surface area (Å²) in [6, 6.07) is 9.23. The SMILES string of the molecule is CCOC(=O)c1ccc(N2CCCN(S(=O)(=O)c3cccc(C(=O)OC)c3)CC2)nc1. The Balaban J connectivity index is 1.72. The first-order chi connectivity index (χ1) is 14.9. The number of ether oxygens (including phenoxy) is 2. The first kappa shape index (κ1) is 22.7. The Labute approximate surface area is 181 Å². The van der Waals surface area contributed by atoms with E-state index in [1.165, 1.54) is 41.9 Å². The molecule has 1 aromatic heterocycles. The number of anilines is 1. The zero-order valence-electron chi connectivity index (χ0n) is 17.5. The molecule has 0 atom stereocenters. The second kappa shape index (κ2) is 9.88. The lowest BCUT2D eigenvalue weighted by Gasteiger charge is -2.23. The minimum absolute atomic E-state index is 0.0563. The summed E-state index contributed by atoms with van der Waals surface area (Å²) in [5.41, 5.74) is 0.557. The Morgan fingerprint density at radius 2 is 1.84 bits per heavy atom. The largest absolute Gasteiger partial charge is 0.465 e. The van der Waals surface area contributed by atoms with Crippen LogP contribution in [0.4, 0.5) is 5.82 Å². The lowest BCUT2D eigenvalue weighted by Crippen LogP contribution is -2.35. The molecule has 2 heterocycles. The summed E-state index contributed by atoms with van der Waals surface area (Å²) >= 11 is 0. The summed E-state index contributed by atoms with van der Waals surface area (Å²) in [5, 5.41) is 0. The number of esters is 2. The van der Waals surface area contributed by atoms with Gasteiger partial charge in [-0.25, -0.2) is 23.0 Å². The Bertz CT molecular complexity index is 1040. The molecular weight excluding hydrogens is 422 g/mol. The highest BCUT2D eigenvalue weighted by molar-refractivity contribution is 7.89. The molecule has 0 spiro atoms. The number of methoxy groups -OCH3 is 1. The van der Waals surface area contributed by atoms with Crippen LogP contribution in [0, 0.1) is 0 Å². The summed E-state index contributed by atoms with van der Waals surface area (Å²) in [6.07, 6.45) is 2.07. The van der Waals surface area contributed by atoms with Gasteiger partial charge < -0.3 is 14.4 Å². The Hall–Kier alpha value is -2.98. The lowest BCUT2D eigenvalue weighted by atomic mass is 10.2. The van der Waals surface area contributed by atoms with Crippen LogP contribution in [0.5, 0.6) is 0 Å². The van der Waals surface area contributed by atoms with Crippen molar-refractivity contribution in [2.75, 3.05) is 44.8 Å². The molecular formula is C21H25N3O6S. The van der Waals surface area contributed by atoms with E-state index in [2.05, 4.69) is 9.72 Å². The van der Waals surface area contributed by atoms with Crippen molar-refractivity contribution in [1.29, 1.82) is 0 Å². The molecule has 0 radical (unpaired) electrons. The second-order valence-corrected chi connectivity index (χ2v) is 8.83. The van der Waals surface area contributed by atoms with Crippen molar-refractivity contribution in [1.82, 2.24) is 9.29 Å². The summed E-state index contributed by atoms with van der Waals surface area (Å²) in [5.74, 6) is -0.347. The number of hydrogen-bond acceptors (Lipinski definition) is 8. The topological polar surface area (TPSA) is 106 Å². The Morgan fingerprint density at radius 1 is 1.03 bits per heavy atom. The van der Waals surface area contributed by atoms with Crippen LogP contribution in [0.25, 0.3) is 0 Å². The first-order valence-corrected chi connectivity index (χ1v) is 11.4. The van der Waals surface area contributed by atoms with Crippen molar-refractivity contribution in [2.45, 2.75) is 18.2 Å². The fourth-order valence-electron chi connectivity index (χ4n) is 3.32. The molecule has 9 nitrogen and oxygen atoms in total. The molecule has 1 saturated heterocycles. The fraction of sp³-hybridized carbons (Fsp3) is 0.381. The van der Waals surface area contributed by atoms with Gasteiger partial charge in [0.05, 0.1) is 29.7 Å². The highest BCUT2D eigenvalue weighted by atomic mass is 32.2. The monoisotopic (exact) mass is 447 g/mol. The molecule has 1 aliphatic rings. The average molecular weight is 448 g/mol. The van der Waals surface area contributed by atoms with Gasteiger partial charge in [-0.2, -0.15) is 4.31 Å². The number of aromatic nitrogens is 1. The molecule has 10 heteroatoms. The third-order valence-corrected chi connectivity index (χ3v) is 6.83. The number of pyridine rings is 1. The number of hydrogen-bond donors (Lipinski definition) is 0. The lowest BCUT2D eigenvalue weighted by molar-refractivity contribution is 0.0524. The van der Waals surface area contributed by atoms with Crippen LogP contribution in [0.2, 0.25) is 0 Å². The van der Waals surface area contributed by atoms with Crippen LogP contribution in [0.3, 0.4) is 0 Å². The molecule has 166 valence electrons. The van der Waals surface area contributed by atoms with Crippen molar-refractivity contribution in [3.8, 4) is 0 Å². The van der Waals surface area contributed by atoms with Gasteiger partial charge >= 0.3 is 11.9 Å². The number of sulfonamides is 1. The minimum atomic E-state index is -3.76. The highest BCUT2D eigenvalue weighted by Crippen LogP contribution is 2.21. The molecule has 0 N–H and O–H groups in total. The summed E-state index contributed by atoms with van der Waals surface area (Å²) < 4.78 is 37.3. The third-order valence-electron chi connectivity index (χ3n) is 4.93. The molecule has 0 amide bonds. The Kier molecular flexibility index (Phi) is 7.24. The van der Waals surface area contributed by atoms with Crippen LogP contribution in [0.1, 0.15) is 34.1 Å². The molecule has 1 aliphatic heterocycles. The molecule has 1 fully saturated rings. The van der Waals surface area contributed by atoms with E-state index in [0.717, 1.165) is 0 Å². The van der Waals surface area contributed by atoms with E-state index in [1.807, 2.05) is 4.90 Å². The van der Waals surface area contributed by atoms with E-state index in [4.69, 9.17) is 4.74 Å². The van der Waals surface area contributed by atoms with Crippen LogP contribution in [-0.2, 0) is 19.5 Å². The van der Waals surface area contributed by atoms with Gasteiger partial charge in [0, 0.05) is 32.4 Å². The van der Waals surface area contributed by atoms with E-state index in [1.54, 1.807) is 19.1 Å². The minimum Gasteiger partial charge on any atom is -0.465 e. The zero-order valence-corrected chi connectivity index (χ0v) is 18.3. The summed E-state index contributed by atoms with van der Waals surface area (Å²) in [6.45, 7) is 3.72. The smallest absolute Gasteiger partial charge is 0.339 e. The third kappa shape index (κ3) is 5.20. The molecule has 2 aromatic rings. The Morgan fingerprint density at radius 3 is 2.52 bits per heavy atom. The maximum absolute atomic E-state index is 13.1. The first-order valence-electron chi connectivity index (χ1n) is 9.93. The van der Waals surface area contributed by atoms with E-state index in [9.17, 15) is 18.0 Å². The number of benzene rings is 1. The second-order valence-electron chi connectivity index (χ2n) is 6.89. The molecule has 0 saturated carbocycles. The zero-order chi connectivity index (χ0) is 22.4. The quantitative estimate of drug-likeness (QED) is 0.619. The van der Waals surface area contributed by atoms with Crippen molar-refractivity contribution in [3.63, 3.8) is 0 Å². The molecule has 1 aromatic carbocycles. The molecule has 0 aliphatic carbocycles. The maximum atomic E-state index is 13.1. The van der Waals surface area contributed by atoms with E-state index in [0.29, 0.717) is 44.0 Å².